The zero-order valence-corrected chi connectivity index (χ0v) is 20.3. The Morgan fingerprint density at radius 3 is 2.61 bits per heavy atom. The minimum Gasteiger partial charge on any atom is -0.347 e. The number of amides is 2. The van der Waals surface area contributed by atoms with Crippen LogP contribution in [0.25, 0.3) is 0 Å². The van der Waals surface area contributed by atoms with Crippen LogP contribution in [0, 0.1) is 0 Å². The molecule has 2 amide bonds. The van der Waals surface area contributed by atoms with Gasteiger partial charge in [0.05, 0.1) is 17.9 Å². The van der Waals surface area contributed by atoms with Crippen LogP contribution in [0.1, 0.15) is 37.6 Å². The number of nitrogens with zero attached hydrogens (tertiary/aromatic N) is 4. The largest absolute Gasteiger partial charge is 0.347 e. The molecule has 0 spiro atoms. The number of anilines is 1. The number of likely N-dealkylation sites (N-methyl/N-ethyl adjacent to an activating group) is 1. The van der Waals surface area contributed by atoms with Crippen LogP contribution < -0.4 is 10.2 Å². The average molecular weight is 450 g/mol. The van der Waals surface area contributed by atoms with Crippen molar-refractivity contribution in [3.63, 3.8) is 0 Å². The number of aromatic nitrogens is 1. The van der Waals surface area contributed by atoms with Gasteiger partial charge in [-0.25, -0.2) is 0 Å². The van der Waals surface area contributed by atoms with Gasteiger partial charge in [0.1, 0.15) is 6.04 Å². The summed E-state index contributed by atoms with van der Waals surface area (Å²) in [7, 11) is 3.53. The van der Waals surface area contributed by atoms with Crippen LogP contribution >= 0.6 is 0 Å². The third-order valence-corrected chi connectivity index (χ3v) is 6.63. The van der Waals surface area contributed by atoms with Crippen LogP contribution in [0.5, 0.6) is 0 Å². The smallest absolute Gasteiger partial charge is 0.241 e. The number of carbonyl (C=O) groups is 2. The van der Waals surface area contributed by atoms with Crippen LogP contribution in [0.2, 0.25) is 0 Å². The van der Waals surface area contributed by atoms with Crippen LogP contribution in [-0.4, -0.2) is 79.0 Å². The van der Waals surface area contributed by atoms with Gasteiger partial charge in [0, 0.05) is 51.4 Å². The molecule has 0 unspecified atom stereocenters. The molecule has 2 aromatic rings. The Balaban J connectivity index is 1.57. The first-order chi connectivity index (χ1) is 15.7. The highest BCUT2D eigenvalue weighted by Gasteiger charge is 2.41. The zero-order chi connectivity index (χ0) is 23.8. The molecule has 0 bridgehead atoms. The Bertz CT molecular complexity index is 1020. The first-order valence-corrected chi connectivity index (χ1v) is 11.7. The number of hydrogen-bond donors (Lipinski definition) is 1. The van der Waals surface area contributed by atoms with Gasteiger partial charge in [0.15, 0.2) is 0 Å². The van der Waals surface area contributed by atoms with Gasteiger partial charge in [-0.1, -0.05) is 44.2 Å². The molecule has 2 aliphatic heterocycles. The number of benzene rings is 1. The van der Waals surface area contributed by atoms with E-state index in [1.54, 1.807) is 19.0 Å². The molecule has 2 atom stereocenters. The minimum absolute atomic E-state index is 0.0196. The van der Waals surface area contributed by atoms with E-state index in [2.05, 4.69) is 44.3 Å². The average Bonchev–Trinajstić information content (AvgIpc) is 3.04. The van der Waals surface area contributed by atoms with Crippen molar-refractivity contribution >= 4 is 17.5 Å². The monoisotopic (exact) mass is 449 g/mol. The van der Waals surface area contributed by atoms with Gasteiger partial charge in [0.2, 0.25) is 11.8 Å². The third kappa shape index (κ3) is 4.94. The Hall–Kier alpha value is -2.77. The van der Waals surface area contributed by atoms with Gasteiger partial charge < -0.3 is 15.1 Å². The van der Waals surface area contributed by atoms with Crippen LogP contribution in [0.4, 0.5) is 5.69 Å². The van der Waals surface area contributed by atoms with Gasteiger partial charge in [0.25, 0.3) is 0 Å². The Morgan fingerprint density at radius 1 is 1.18 bits per heavy atom. The molecule has 33 heavy (non-hydrogen) atoms. The van der Waals surface area contributed by atoms with Crippen LogP contribution in [0.3, 0.4) is 0 Å². The summed E-state index contributed by atoms with van der Waals surface area (Å²) in [6.07, 6.45) is 2.71. The molecule has 2 aliphatic rings. The lowest BCUT2D eigenvalue weighted by atomic mass is 9.91. The number of piperazine rings is 1. The second-order valence-corrected chi connectivity index (χ2v) is 10.2. The summed E-state index contributed by atoms with van der Waals surface area (Å²) in [5, 5.41) is 3.38. The van der Waals surface area contributed by atoms with Crippen molar-refractivity contribution in [3.05, 3.63) is 59.4 Å². The molecule has 3 heterocycles. The number of carbonyl (C=O) groups excluding carboxylic acids is 2. The molecule has 7 heteroatoms. The normalized spacial score (nSPS) is 22.2. The fourth-order valence-electron chi connectivity index (χ4n) is 4.89. The summed E-state index contributed by atoms with van der Waals surface area (Å²) in [4.78, 5) is 36.6. The second-order valence-electron chi connectivity index (χ2n) is 10.2. The quantitative estimate of drug-likeness (QED) is 0.757. The topological polar surface area (TPSA) is 68.8 Å². The minimum atomic E-state index is -0.335. The van der Waals surface area contributed by atoms with Gasteiger partial charge in [-0.05, 0) is 30.5 Å². The van der Waals surface area contributed by atoms with E-state index >= 15 is 0 Å². The maximum atomic E-state index is 13.6. The van der Waals surface area contributed by atoms with Gasteiger partial charge in [-0.3, -0.25) is 19.5 Å². The summed E-state index contributed by atoms with van der Waals surface area (Å²) >= 11 is 0. The molecule has 0 aliphatic carbocycles. The molecule has 176 valence electrons. The van der Waals surface area contributed by atoms with Gasteiger partial charge in [-0.15, -0.1) is 0 Å². The maximum absolute atomic E-state index is 13.6. The predicted octanol–water partition coefficient (Wildman–Crippen LogP) is 2.05. The molecule has 1 fully saturated rings. The molecule has 0 radical (unpaired) electrons. The SMILES string of the molecule is C[C@@H]1CN(CC(=O)N2CC(C)(C)c3ncc(Cc4ccccc4)cc32)[C@@H](C(=O)N(C)C)CN1. The van der Waals surface area contributed by atoms with Crippen LogP contribution in [-0.2, 0) is 21.4 Å². The molecule has 1 saturated heterocycles. The Morgan fingerprint density at radius 2 is 1.91 bits per heavy atom. The second kappa shape index (κ2) is 9.23. The highest BCUT2D eigenvalue weighted by molar-refractivity contribution is 5.97. The third-order valence-electron chi connectivity index (χ3n) is 6.63. The first kappa shape index (κ1) is 23.4. The molecular weight excluding hydrogens is 414 g/mol. The summed E-state index contributed by atoms with van der Waals surface area (Å²) in [6.45, 7) is 8.37. The van der Waals surface area contributed by atoms with E-state index in [4.69, 9.17) is 4.98 Å². The number of nitrogens with one attached hydrogen (secondary N) is 1. The van der Waals surface area contributed by atoms with E-state index in [1.165, 1.54) is 5.56 Å². The lowest BCUT2D eigenvalue weighted by molar-refractivity contribution is -0.136. The molecule has 1 N–H and O–H groups in total. The van der Waals surface area contributed by atoms with E-state index in [9.17, 15) is 9.59 Å². The standard InChI is InChI=1S/C26H35N5O2/c1-18-15-30(22(14-27-18)25(33)29(4)5)16-23(32)31-17-26(2,3)24-21(31)12-20(13-28-24)11-19-9-7-6-8-10-19/h6-10,12-13,18,22,27H,11,14-17H2,1-5H3/t18-,22-/m1/s1. The Kier molecular flexibility index (Phi) is 6.54. The highest BCUT2D eigenvalue weighted by atomic mass is 16.2. The van der Waals surface area contributed by atoms with Gasteiger partial charge >= 0.3 is 0 Å². The zero-order valence-electron chi connectivity index (χ0n) is 20.3. The summed E-state index contributed by atoms with van der Waals surface area (Å²) in [5.41, 5.74) is 3.95. The fraction of sp³-hybridized carbons (Fsp3) is 0.500. The fourth-order valence-corrected chi connectivity index (χ4v) is 4.89. The molecule has 0 saturated carbocycles. The van der Waals surface area contributed by atoms with Crippen molar-refractivity contribution in [1.82, 2.24) is 20.1 Å². The van der Waals surface area contributed by atoms with Crippen molar-refractivity contribution < 1.29 is 9.59 Å². The van der Waals surface area contributed by atoms with Crippen molar-refractivity contribution in [2.45, 2.75) is 44.7 Å². The summed E-state index contributed by atoms with van der Waals surface area (Å²) < 4.78 is 0. The summed E-state index contributed by atoms with van der Waals surface area (Å²) in [5.74, 6) is 0.0438. The van der Waals surface area contributed by atoms with Gasteiger partial charge in [-0.2, -0.15) is 0 Å². The van der Waals surface area contributed by atoms with Crippen molar-refractivity contribution in [3.8, 4) is 0 Å². The lowest BCUT2D eigenvalue weighted by Crippen LogP contribution is -2.62. The first-order valence-electron chi connectivity index (χ1n) is 11.7. The number of fused-ring (bicyclic) bond motifs is 1. The maximum Gasteiger partial charge on any atom is 0.241 e. The molecule has 7 nitrogen and oxygen atoms in total. The molecule has 1 aromatic heterocycles. The number of hydrogen-bond acceptors (Lipinski definition) is 5. The predicted molar refractivity (Wildman–Crippen MR) is 130 cm³/mol. The number of pyridine rings is 1. The molecular formula is C26H35N5O2. The highest BCUT2D eigenvalue weighted by Crippen LogP contribution is 2.39. The van der Waals surface area contributed by atoms with Crippen molar-refractivity contribution in [2.24, 2.45) is 0 Å². The van der Waals surface area contributed by atoms with Crippen molar-refractivity contribution in [2.75, 3.05) is 45.2 Å². The summed E-state index contributed by atoms with van der Waals surface area (Å²) in [6, 6.07) is 12.3. The lowest BCUT2D eigenvalue weighted by Gasteiger charge is -2.39. The molecule has 4 rings (SSSR count). The van der Waals surface area contributed by atoms with E-state index in [1.807, 2.05) is 34.2 Å². The number of rotatable bonds is 5. The van der Waals surface area contributed by atoms with E-state index < -0.39 is 0 Å². The Labute approximate surface area is 196 Å². The van der Waals surface area contributed by atoms with Crippen molar-refractivity contribution in [1.29, 1.82) is 0 Å². The van der Waals surface area contributed by atoms with E-state index in [-0.39, 0.29) is 35.9 Å². The van der Waals surface area contributed by atoms with E-state index in [0.717, 1.165) is 23.4 Å². The van der Waals surface area contributed by atoms with E-state index in [0.29, 0.717) is 19.6 Å². The molecule has 1 aromatic carbocycles. The van der Waals surface area contributed by atoms with Crippen LogP contribution in [0.15, 0.2) is 42.6 Å².